The first-order valence-corrected chi connectivity index (χ1v) is 13.3. The Bertz CT molecular complexity index is 857. The van der Waals surface area contributed by atoms with Crippen molar-refractivity contribution in [3.8, 4) is 5.75 Å². The number of hydrogen-bond acceptors (Lipinski definition) is 9. The third-order valence-corrected chi connectivity index (χ3v) is 6.53. The van der Waals surface area contributed by atoms with Crippen LogP contribution in [0.15, 0.2) is 24.3 Å². The van der Waals surface area contributed by atoms with E-state index in [0.29, 0.717) is 24.0 Å². The standard InChI is InChI=1S/C18H20O5.C6H14O2.C5H12O2/c1-10(20)22-13-5-3-4-12(6-13)7-15-17(23-11(2)21)8-14-16(9-19)18(14)15;1-4-7-6(3)8-5-2;1-5(2,3-6)4-7/h3-6,9,14-18H,7-8H2,1-2H3;6H,4-5H2,1-3H3;6-7H,3-4H2,1-2H3. The molecule has 0 heterocycles. The van der Waals surface area contributed by atoms with Gasteiger partial charge in [-0.15, -0.1) is 0 Å². The summed E-state index contributed by atoms with van der Waals surface area (Å²) < 4.78 is 20.7. The average molecular weight is 539 g/mol. The van der Waals surface area contributed by atoms with Crippen molar-refractivity contribution in [1.82, 2.24) is 0 Å². The van der Waals surface area contributed by atoms with Crippen LogP contribution < -0.4 is 4.74 Å². The van der Waals surface area contributed by atoms with Crippen molar-refractivity contribution in [3.05, 3.63) is 29.8 Å². The quantitative estimate of drug-likeness (QED) is 0.188. The maximum atomic E-state index is 11.3. The lowest BCUT2D eigenvalue weighted by Crippen LogP contribution is -2.27. The van der Waals surface area contributed by atoms with Crippen LogP contribution in [0.4, 0.5) is 0 Å². The molecule has 5 atom stereocenters. The molecule has 0 radical (unpaired) electrons. The van der Waals surface area contributed by atoms with Crippen LogP contribution in [0.1, 0.15) is 60.5 Å². The second-order valence-electron chi connectivity index (χ2n) is 10.4. The Hall–Kier alpha value is -2.33. The highest BCUT2D eigenvalue weighted by molar-refractivity contribution is 5.69. The third-order valence-electron chi connectivity index (χ3n) is 6.53. The summed E-state index contributed by atoms with van der Waals surface area (Å²) in [4.78, 5) is 33.5. The monoisotopic (exact) mass is 538 g/mol. The molecular weight excluding hydrogens is 492 g/mol. The third kappa shape index (κ3) is 11.6. The van der Waals surface area contributed by atoms with E-state index in [-0.39, 0.29) is 54.8 Å². The van der Waals surface area contributed by atoms with Crippen LogP contribution in [0.5, 0.6) is 5.75 Å². The van der Waals surface area contributed by atoms with Crippen molar-refractivity contribution >= 4 is 18.2 Å². The number of hydrogen-bond donors (Lipinski definition) is 2. The number of aliphatic hydroxyl groups excluding tert-OH is 2. The van der Waals surface area contributed by atoms with E-state index in [4.69, 9.17) is 29.2 Å². The number of carbonyl (C=O) groups excluding carboxylic acids is 3. The predicted molar refractivity (Wildman–Crippen MR) is 142 cm³/mol. The summed E-state index contributed by atoms with van der Waals surface area (Å²) in [5.74, 6) is 0.765. The predicted octanol–water partition coefficient (Wildman–Crippen LogP) is 3.57. The molecule has 0 aliphatic heterocycles. The molecule has 0 spiro atoms. The summed E-state index contributed by atoms with van der Waals surface area (Å²) in [5.41, 5.74) is 0.711. The molecule has 5 unspecified atom stereocenters. The van der Waals surface area contributed by atoms with E-state index < -0.39 is 0 Å². The van der Waals surface area contributed by atoms with Crippen molar-refractivity contribution in [3.63, 3.8) is 0 Å². The highest BCUT2D eigenvalue weighted by atomic mass is 16.7. The van der Waals surface area contributed by atoms with Crippen LogP contribution in [-0.2, 0) is 35.0 Å². The summed E-state index contributed by atoms with van der Waals surface area (Å²) in [6.45, 7) is 13.7. The highest BCUT2D eigenvalue weighted by Gasteiger charge is 2.62. The van der Waals surface area contributed by atoms with Gasteiger partial charge in [-0.05, 0) is 63.1 Å². The molecule has 2 N–H and O–H groups in total. The van der Waals surface area contributed by atoms with Gasteiger partial charge in [-0.25, -0.2) is 0 Å². The maximum absolute atomic E-state index is 11.3. The molecule has 2 saturated carbocycles. The molecule has 38 heavy (non-hydrogen) atoms. The zero-order valence-electron chi connectivity index (χ0n) is 23.8. The van der Waals surface area contributed by atoms with E-state index in [1.165, 1.54) is 13.8 Å². The minimum Gasteiger partial charge on any atom is -0.462 e. The van der Waals surface area contributed by atoms with E-state index in [1.807, 2.05) is 39.0 Å². The fraction of sp³-hybridized carbons (Fsp3) is 0.690. The summed E-state index contributed by atoms with van der Waals surface area (Å²) in [7, 11) is 0. The Morgan fingerprint density at radius 3 is 2.13 bits per heavy atom. The van der Waals surface area contributed by atoms with E-state index in [1.54, 1.807) is 19.9 Å². The smallest absolute Gasteiger partial charge is 0.308 e. The molecule has 2 fully saturated rings. The van der Waals surface area contributed by atoms with Crippen molar-refractivity contribution in [1.29, 1.82) is 0 Å². The number of ether oxygens (including phenoxy) is 4. The van der Waals surface area contributed by atoms with Gasteiger partial charge in [0, 0.05) is 44.3 Å². The molecule has 9 nitrogen and oxygen atoms in total. The zero-order valence-corrected chi connectivity index (χ0v) is 23.8. The molecule has 2 aliphatic carbocycles. The molecule has 0 bridgehead atoms. The van der Waals surface area contributed by atoms with E-state index in [0.717, 1.165) is 31.5 Å². The van der Waals surface area contributed by atoms with Gasteiger partial charge in [0.25, 0.3) is 0 Å². The van der Waals surface area contributed by atoms with Crippen molar-refractivity contribution in [2.45, 2.75) is 73.7 Å². The molecule has 2 aliphatic rings. The van der Waals surface area contributed by atoms with Gasteiger partial charge in [-0.2, -0.15) is 0 Å². The first-order valence-electron chi connectivity index (χ1n) is 13.3. The van der Waals surface area contributed by atoms with E-state index in [2.05, 4.69) is 0 Å². The lowest BCUT2D eigenvalue weighted by Gasteiger charge is -2.23. The number of fused-ring (bicyclic) bond motifs is 1. The minimum atomic E-state index is -0.357. The fourth-order valence-corrected chi connectivity index (χ4v) is 4.59. The molecular formula is C29H46O9. The van der Waals surface area contributed by atoms with Crippen LogP contribution in [0.2, 0.25) is 0 Å². The number of esters is 2. The Balaban J connectivity index is 0.000000398. The molecule has 0 saturated heterocycles. The Morgan fingerprint density at radius 1 is 1.08 bits per heavy atom. The van der Waals surface area contributed by atoms with Crippen LogP contribution in [-0.4, -0.2) is 67.3 Å². The largest absolute Gasteiger partial charge is 0.462 e. The van der Waals surface area contributed by atoms with E-state index in [9.17, 15) is 14.4 Å². The lowest BCUT2D eigenvalue weighted by molar-refractivity contribution is -0.149. The second kappa shape index (κ2) is 16.6. The number of benzene rings is 1. The fourth-order valence-electron chi connectivity index (χ4n) is 4.59. The van der Waals surface area contributed by atoms with Gasteiger partial charge in [0.1, 0.15) is 18.1 Å². The molecule has 3 rings (SSSR count). The molecule has 216 valence electrons. The summed E-state index contributed by atoms with van der Waals surface area (Å²) >= 11 is 0. The minimum absolute atomic E-state index is 0.0370. The molecule has 1 aromatic rings. The lowest BCUT2D eigenvalue weighted by atomic mass is 9.90. The molecule has 0 amide bonds. The average Bonchev–Trinajstić information content (AvgIpc) is 3.44. The molecule has 1 aromatic carbocycles. The van der Waals surface area contributed by atoms with Crippen molar-refractivity contribution in [2.75, 3.05) is 26.4 Å². The highest BCUT2D eigenvalue weighted by Crippen LogP contribution is 2.61. The topological polar surface area (TPSA) is 129 Å². The maximum Gasteiger partial charge on any atom is 0.308 e. The number of rotatable bonds is 11. The first kappa shape index (κ1) is 33.7. The number of carbonyl (C=O) groups is 3. The summed E-state index contributed by atoms with van der Waals surface area (Å²) in [5, 5.41) is 16.9. The van der Waals surface area contributed by atoms with Crippen molar-refractivity contribution < 1.29 is 43.5 Å². The number of aliphatic hydroxyl groups is 2. The van der Waals surface area contributed by atoms with Gasteiger partial charge in [-0.3, -0.25) is 9.59 Å². The van der Waals surface area contributed by atoms with Crippen LogP contribution in [0, 0.1) is 29.1 Å². The van der Waals surface area contributed by atoms with Gasteiger partial charge in [-0.1, -0.05) is 26.0 Å². The SMILES string of the molecule is CC(=O)Oc1cccc(CC2C(OC(C)=O)CC3C(C=O)C23)c1.CC(C)(CO)CO.CCOC(C)OCC. The second-order valence-corrected chi connectivity index (χ2v) is 10.4. The Kier molecular flexibility index (Phi) is 14.7. The first-order chi connectivity index (χ1) is 17.9. The Labute approximate surface area is 226 Å². The normalized spacial score (nSPS) is 23.3. The van der Waals surface area contributed by atoms with Crippen LogP contribution in [0.3, 0.4) is 0 Å². The number of aldehydes is 1. The van der Waals surface area contributed by atoms with Gasteiger partial charge >= 0.3 is 11.9 Å². The molecule has 0 aromatic heterocycles. The summed E-state index contributed by atoms with van der Waals surface area (Å²) in [6, 6.07) is 7.36. The summed E-state index contributed by atoms with van der Waals surface area (Å²) in [6.07, 6.45) is 2.34. The van der Waals surface area contributed by atoms with Crippen LogP contribution in [0.25, 0.3) is 0 Å². The van der Waals surface area contributed by atoms with Crippen LogP contribution >= 0.6 is 0 Å². The van der Waals surface area contributed by atoms with E-state index >= 15 is 0 Å². The zero-order chi connectivity index (χ0) is 28.9. The van der Waals surface area contributed by atoms with Gasteiger partial charge in [0.05, 0.1) is 13.2 Å². The van der Waals surface area contributed by atoms with Crippen molar-refractivity contribution in [2.24, 2.45) is 29.1 Å². The van der Waals surface area contributed by atoms with Gasteiger partial charge < -0.3 is 34.0 Å². The molecule has 9 heteroatoms. The Morgan fingerprint density at radius 2 is 1.68 bits per heavy atom. The van der Waals surface area contributed by atoms with Gasteiger partial charge in [0.15, 0.2) is 6.29 Å². The van der Waals surface area contributed by atoms with Gasteiger partial charge in [0.2, 0.25) is 0 Å².